The number of nitrogens with two attached hydrogens (primary N) is 1. The Balaban J connectivity index is 1.85. The molecule has 0 unspecified atom stereocenters. The molecule has 0 radical (unpaired) electrons. The van der Waals surface area contributed by atoms with E-state index in [4.69, 9.17) is 10.5 Å². The van der Waals surface area contributed by atoms with E-state index in [1.54, 1.807) is 20.8 Å². The van der Waals surface area contributed by atoms with Gasteiger partial charge in [-0.2, -0.15) is 0 Å². The van der Waals surface area contributed by atoms with Crippen LogP contribution in [0.25, 0.3) is 5.69 Å². The van der Waals surface area contributed by atoms with Crippen molar-refractivity contribution in [2.24, 2.45) is 0 Å². The second kappa shape index (κ2) is 11.0. The quantitative estimate of drug-likeness (QED) is 0.204. The molecule has 7 nitrogen and oxygen atoms in total. The number of nitrogen functional groups attached to an aromatic ring is 1. The van der Waals surface area contributed by atoms with E-state index >= 15 is 8.78 Å². The molecule has 2 aromatic carbocycles. The van der Waals surface area contributed by atoms with Gasteiger partial charge in [0.05, 0.1) is 17.7 Å². The van der Waals surface area contributed by atoms with Gasteiger partial charge >= 0.3 is 5.97 Å². The minimum absolute atomic E-state index is 0.0955. The molecule has 0 amide bonds. The predicted octanol–water partition coefficient (Wildman–Crippen LogP) is 3.68. The van der Waals surface area contributed by atoms with Crippen LogP contribution < -0.4 is 16.6 Å². The zero-order valence-electron chi connectivity index (χ0n) is 20.3. The van der Waals surface area contributed by atoms with Gasteiger partial charge in [0, 0.05) is 12.1 Å². The number of esters is 1. The molecule has 0 aliphatic rings. The summed E-state index contributed by atoms with van der Waals surface area (Å²) >= 11 is 0. The van der Waals surface area contributed by atoms with Crippen molar-refractivity contribution in [1.29, 1.82) is 0 Å². The van der Waals surface area contributed by atoms with Gasteiger partial charge in [-0.05, 0) is 69.6 Å². The fraction of sp³-hybridized carbons (Fsp3) is 0.269. The first kappa shape index (κ1) is 27.6. The van der Waals surface area contributed by atoms with Crippen LogP contribution in [0.1, 0.15) is 42.3 Å². The highest BCUT2D eigenvalue weighted by molar-refractivity contribution is 6.11. The van der Waals surface area contributed by atoms with E-state index in [1.165, 1.54) is 0 Å². The average Bonchev–Trinajstić information content (AvgIpc) is 2.77. The summed E-state index contributed by atoms with van der Waals surface area (Å²) in [6, 6.07) is 6.11. The molecule has 0 aliphatic heterocycles. The largest absolute Gasteiger partial charge is 0.459 e. The lowest BCUT2D eigenvalue weighted by Gasteiger charge is -2.19. The molecular weight excluding hydrogens is 494 g/mol. The zero-order chi connectivity index (χ0) is 27.5. The first-order valence-electron chi connectivity index (χ1n) is 11.2. The van der Waals surface area contributed by atoms with E-state index < -0.39 is 68.8 Å². The highest BCUT2D eigenvalue weighted by Gasteiger charge is 2.23. The number of nitrogens with zero attached hydrogens (tertiary/aromatic N) is 1. The van der Waals surface area contributed by atoms with Crippen molar-refractivity contribution in [2.45, 2.75) is 32.8 Å². The first-order valence-corrected chi connectivity index (χ1v) is 11.2. The molecular formula is C26H25F4N3O4. The van der Waals surface area contributed by atoms with Gasteiger partial charge < -0.3 is 15.8 Å². The molecule has 0 spiro atoms. The molecule has 0 fully saturated rings. The van der Waals surface area contributed by atoms with Crippen molar-refractivity contribution < 1.29 is 31.9 Å². The highest BCUT2D eigenvalue weighted by atomic mass is 19.1. The van der Waals surface area contributed by atoms with Gasteiger partial charge in [-0.3, -0.25) is 19.0 Å². The number of anilines is 1. The lowest BCUT2D eigenvalue weighted by molar-refractivity contribution is -0.153. The molecule has 1 heterocycles. The maximum absolute atomic E-state index is 15.0. The zero-order valence-corrected chi connectivity index (χ0v) is 20.3. The van der Waals surface area contributed by atoms with Gasteiger partial charge in [-0.1, -0.05) is 0 Å². The molecule has 37 heavy (non-hydrogen) atoms. The number of ether oxygens (including phenoxy) is 1. The third-order valence-electron chi connectivity index (χ3n) is 5.13. The van der Waals surface area contributed by atoms with E-state index in [1.807, 2.05) is 0 Å². The van der Waals surface area contributed by atoms with Crippen molar-refractivity contribution in [3.05, 3.63) is 92.8 Å². The third kappa shape index (κ3) is 6.62. The van der Waals surface area contributed by atoms with Crippen molar-refractivity contribution in [3.63, 3.8) is 0 Å². The van der Waals surface area contributed by atoms with Crippen molar-refractivity contribution in [2.75, 3.05) is 18.8 Å². The standard InChI is InChI=1S/C26H25F4N3O4/c1-26(2,3)37-22(35)13-32-9-8-14-10-19(29)23(20(30)11-14)33-21(34)7-6-17(25(33)31)24(36)16-5-4-15(27)12-18(16)28/h4-7,10-12,32H,8-9,13,31H2,1-3H3. The summed E-state index contributed by atoms with van der Waals surface area (Å²) in [7, 11) is 0. The van der Waals surface area contributed by atoms with Crippen LogP contribution in [0.2, 0.25) is 0 Å². The fourth-order valence-electron chi connectivity index (χ4n) is 3.57. The van der Waals surface area contributed by atoms with Gasteiger partial charge in [0.15, 0.2) is 17.4 Å². The Morgan fingerprint density at radius 1 is 0.946 bits per heavy atom. The second-order valence-electron chi connectivity index (χ2n) is 9.18. The maximum atomic E-state index is 15.0. The Labute approximate surface area is 209 Å². The minimum atomic E-state index is -1.16. The third-order valence-corrected chi connectivity index (χ3v) is 5.13. The van der Waals surface area contributed by atoms with Crippen LogP contribution in [0.3, 0.4) is 0 Å². The average molecular weight is 519 g/mol. The summed E-state index contributed by atoms with van der Waals surface area (Å²) in [5.74, 6) is -6.43. The summed E-state index contributed by atoms with van der Waals surface area (Å²) in [5, 5.41) is 2.82. The van der Waals surface area contributed by atoms with Crippen LogP contribution in [0.5, 0.6) is 0 Å². The first-order chi connectivity index (χ1) is 17.3. The number of benzene rings is 2. The van der Waals surface area contributed by atoms with Crippen molar-refractivity contribution >= 4 is 17.6 Å². The molecule has 0 aliphatic carbocycles. The normalized spacial score (nSPS) is 11.4. The van der Waals surface area contributed by atoms with E-state index in [9.17, 15) is 23.2 Å². The number of hydrogen-bond donors (Lipinski definition) is 2. The molecule has 0 bridgehead atoms. The number of nitrogens with one attached hydrogen (secondary N) is 1. The van der Waals surface area contributed by atoms with Crippen LogP contribution >= 0.6 is 0 Å². The SMILES string of the molecule is CC(C)(C)OC(=O)CNCCc1cc(F)c(-n2c(N)c(C(=O)c3ccc(F)cc3F)ccc2=O)c(F)c1. The summed E-state index contributed by atoms with van der Waals surface area (Å²) in [4.78, 5) is 37.0. The molecule has 3 N–H and O–H groups in total. The number of carbonyl (C=O) groups is 2. The van der Waals surface area contributed by atoms with E-state index in [-0.39, 0.29) is 25.1 Å². The Morgan fingerprint density at radius 3 is 2.16 bits per heavy atom. The molecule has 0 saturated heterocycles. The molecule has 196 valence electrons. The minimum Gasteiger partial charge on any atom is -0.459 e. The summed E-state index contributed by atoms with van der Waals surface area (Å²) < 4.78 is 63.0. The van der Waals surface area contributed by atoms with Crippen LogP contribution in [-0.2, 0) is 16.0 Å². The highest BCUT2D eigenvalue weighted by Crippen LogP contribution is 2.25. The Morgan fingerprint density at radius 2 is 1.57 bits per heavy atom. The van der Waals surface area contributed by atoms with Gasteiger partial charge in [-0.25, -0.2) is 17.6 Å². The van der Waals surface area contributed by atoms with Crippen LogP contribution in [0.15, 0.2) is 47.3 Å². The monoisotopic (exact) mass is 519 g/mol. The number of aromatic nitrogens is 1. The Bertz CT molecular complexity index is 1390. The van der Waals surface area contributed by atoms with Gasteiger partial charge in [-0.15, -0.1) is 0 Å². The van der Waals surface area contributed by atoms with E-state index in [2.05, 4.69) is 5.32 Å². The van der Waals surface area contributed by atoms with Crippen LogP contribution in [0.4, 0.5) is 23.4 Å². The van der Waals surface area contributed by atoms with Gasteiger partial charge in [0.2, 0.25) is 0 Å². The summed E-state index contributed by atoms with van der Waals surface area (Å²) in [5.41, 5.74) is 2.83. The van der Waals surface area contributed by atoms with E-state index in [0.29, 0.717) is 10.6 Å². The maximum Gasteiger partial charge on any atom is 0.320 e. The number of hydrogen-bond acceptors (Lipinski definition) is 6. The smallest absolute Gasteiger partial charge is 0.320 e. The van der Waals surface area contributed by atoms with Gasteiger partial charge in [0.25, 0.3) is 5.56 Å². The molecule has 11 heteroatoms. The number of ketones is 1. The molecule has 3 aromatic rings. The molecule has 0 saturated carbocycles. The van der Waals surface area contributed by atoms with E-state index in [0.717, 1.165) is 36.4 Å². The lowest BCUT2D eigenvalue weighted by Crippen LogP contribution is -2.32. The Kier molecular flexibility index (Phi) is 8.17. The van der Waals surface area contributed by atoms with Crippen molar-refractivity contribution in [3.8, 4) is 5.69 Å². The number of pyridine rings is 1. The summed E-state index contributed by atoms with van der Waals surface area (Å²) in [6.07, 6.45) is 0.143. The molecule has 0 atom stereocenters. The number of rotatable bonds is 8. The number of carbonyl (C=O) groups excluding carboxylic acids is 2. The van der Waals surface area contributed by atoms with Crippen LogP contribution in [-0.4, -0.2) is 35.0 Å². The predicted molar refractivity (Wildman–Crippen MR) is 129 cm³/mol. The fourth-order valence-corrected chi connectivity index (χ4v) is 3.57. The van der Waals surface area contributed by atoms with Gasteiger partial charge in [0.1, 0.15) is 28.7 Å². The lowest BCUT2D eigenvalue weighted by atomic mass is 10.0. The second-order valence-corrected chi connectivity index (χ2v) is 9.18. The summed E-state index contributed by atoms with van der Waals surface area (Å²) in [6.45, 7) is 5.28. The van der Waals surface area contributed by atoms with Crippen LogP contribution in [0, 0.1) is 23.3 Å². The Hall–Kier alpha value is -3.99. The number of halogens is 4. The molecule has 1 aromatic heterocycles. The molecule has 3 rings (SSSR count). The van der Waals surface area contributed by atoms with Crippen molar-refractivity contribution in [1.82, 2.24) is 9.88 Å². The topological polar surface area (TPSA) is 103 Å².